The molecule has 1 aromatic carbocycles. The topological polar surface area (TPSA) is 34.9 Å². The zero-order chi connectivity index (χ0) is 17.6. The average molecular weight is 364 g/mol. The normalized spacial score (nSPS) is 14.7. The number of hydrogen-bond donors (Lipinski definition) is 0. The summed E-state index contributed by atoms with van der Waals surface area (Å²) in [5, 5.41) is 0.689. The standard InChI is InChI=1S/C18H15F3N2OS/c19-18(20,21)12-7-5-11(6-8-12)9-23-10-22-16-15(17(23)24)13-3-1-2-4-14(13)25-16/h5-8,10H,1-4,9H2. The van der Waals surface area contributed by atoms with E-state index in [1.165, 1.54) is 27.9 Å². The fraction of sp³-hybridized carbons (Fsp3) is 0.333. The van der Waals surface area contributed by atoms with Crippen LogP contribution in [-0.2, 0) is 25.6 Å². The number of alkyl halides is 3. The number of rotatable bonds is 2. The maximum atomic E-state index is 12.8. The molecule has 0 amide bonds. The molecule has 1 aliphatic rings. The van der Waals surface area contributed by atoms with Gasteiger partial charge in [0.05, 0.1) is 23.8 Å². The lowest BCUT2D eigenvalue weighted by Gasteiger charge is -2.11. The Morgan fingerprint density at radius 3 is 2.56 bits per heavy atom. The van der Waals surface area contributed by atoms with Crippen LogP contribution >= 0.6 is 11.3 Å². The van der Waals surface area contributed by atoms with Gasteiger partial charge in [-0.1, -0.05) is 12.1 Å². The Morgan fingerprint density at radius 2 is 1.84 bits per heavy atom. The first-order valence-corrected chi connectivity index (χ1v) is 8.91. The van der Waals surface area contributed by atoms with Crippen LogP contribution in [0.2, 0.25) is 0 Å². The largest absolute Gasteiger partial charge is 0.416 e. The molecular formula is C18H15F3N2OS. The van der Waals surface area contributed by atoms with Crippen LogP contribution in [0.25, 0.3) is 10.2 Å². The van der Waals surface area contributed by atoms with Crippen molar-refractivity contribution in [3.05, 3.63) is 62.5 Å². The Bertz CT molecular complexity index is 986. The maximum Gasteiger partial charge on any atom is 0.416 e. The Kier molecular flexibility index (Phi) is 3.91. The monoisotopic (exact) mass is 364 g/mol. The average Bonchev–Trinajstić information content (AvgIpc) is 2.96. The summed E-state index contributed by atoms with van der Waals surface area (Å²) in [7, 11) is 0. The molecule has 0 fully saturated rings. The quantitative estimate of drug-likeness (QED) is 0.675. The van der Waals surface area contributed by atoms with E-state index in [4.69, 9.17) is 0 Å². The van der Waals surface area contributed by atoms with Gasteiger partial charge in [0, 0.05) is 4.88 Å². The van der Waals surface area contributed by atoms with Gasteiger partial charge in [0.2, 0.25) is 0 Å². The molecule has 2 heterocycles. The summed E-state index contributed by atoms with van der Waals surface area (Å²) in [4.78, 5) is 19.3. The lowest BCUT2D eigenvalue weighted by atomic mass is 9.97. The van der Waals surface area contributed by atoms with Crippen LogP contribution < -0.4 is 5.56 Å². The van der Waals surface area contributed by atoms with Gasteiger partial charge in [-0.3, -0.25) is 9.36 Å². The predicted molar refractivity (Wildman–Crippen MR) is 91.1 cm³/mol. The number of benzene rings is 1. The van der Waals surface area contributed by atoms with E-state index >= 15 is 0 Å². The molecule has 3 nitrogen and oxygen atoms in total. The summed E-state index contributed by atoms with van der Waals surface area (Å²) in [5.74, 6) is 0. The van der Waals surface area contributed by atoms with Crippen molar-refractivity contribution in [2.24, 2.45) is 0 Å². The summed E-state index contributed by atoms with van der Waals surface area (Å²) in [6.07, 6.45) is 1.24. The van der Waals surface area contributed by atoms with Gasteiger partial charge in [-0.25, -0.2) is 4.98 Å². The second-order valence-corrected chi connectivity index (χ2v) is 7.35. The molecule has 0 saturated carbocycles. The minimum atomic E-state index is -4.36. The van der Waals surface area contributed by atoms with Gasteiger partial charge in [0.15, 0.2) is 0 Å². The molecule has 0 N–H and O–H groups in total. The third kappa shape index (κ3) is 2.97. The van der Waals surface area contributed by atoms with Crippen molar-refractivity contribution in [3.63, 3.8) is 0 Å². The summed E-state index contributed by atoms with van der Waals surface area (Å²) in [6, 6.07) is 4.89. The van der Waals surface area contributed by atoms with Crippen LogP contribution in [0.4, 0.5) is 13.2 Å². The van der Waals surface area contributed by atoms with Crippen molar-refractivity contribution in [2.75, 3.05) is 0 Å². The highest BCUT2D eigenvalue weighted by Crippen LogP contribution is 2.33. The molecule has 0 spiro atoms. The molecule has 0 aliphatic heterocycles. The number of fused-ring (bicyclic) bond motifs is 3. The van der Waals surface area contributed by atoms with Crippen LogP contribution in [0.3, 0.4) is 0 Å². The second-order valence-electron chi connectivity index (χ2n) is 6.26. The molecule has 1 aliphatic carbocycles. The molecule has 130 valence electrons. The second kappa shape index (κ2) is 5.98. The number of nitrogens with zero attached hydrogens (tertiary/aromatic N) is 2. The fourth-order valence-corrected chi connectivity index (χ4v) is 4.51. The molecule has 0 saturated heterocycles. The van der Waals surface area contributed by atoms with Crippen molar-refractivity contribution in [2.45, 2.75) is 38.4 Å². The first-order valence-electron chi connectivity index (χ1n) is 8.09. The van der Waals surface area contributed by atoms with Crippen LogP contribution in [0.1, 0.15) is 34.4 Å². The molecule has 25 heavy (non-hydrogen) atoms. The zero-order valence-electron chi connectivity index (χ0n) is 13.3. The molecule has 0 atom stereocenters. The Balaban J connectivity index is 1.70. The lowest BCUT2D eigenvalue weighted by molar-refractivity contribution is -0.137. The number of halogens is 3. The zero-order valence-corrected chi connectivity index (χ0v) is 14.1. The Hall–Kier alpha value is -2.15. The summed E-state index contributed by atoms with van der Waals surface area (Å²) in [6.45, 7) is 0.213. The molecule has 3 aromatic rings. The molecule has 0 bridgehead atoms. The minimum absolute atomic E-state index is 0.107. The number of aryl methyl sites for hydroxylation is 2. The number of thiophene rings is 1. The molecule has 4 rings (SSSR count). The highest BCUT2D eigenvalue weighted by Gasteiger charge is 2.30. The van der Waals surface area contributed by atoms with Gasteiger partial charge in [-0.05, 0) is 48.9 Å². The van der Waals surface area contributed by atoms with Crippen LogP contribution in [-0.4, -0.2) is 9.55 Å². The molecule has 0 unspecified atom stereocenters. The maximum absolute atomic E-state index is 12.8. The van der Waals surface area contributed by atoms with Crippen LogP contribution in [0, 0.1) is 0 Å². The predicted octanol–water partition coefficient (Wildman–Crippen LogP) is 4.40. The molecule has 7 heteroatoms. The van der Waals surface area contributed by atoms with E-state index in [0.717, 1.165) is 48.2 Å². The Morgan fingerprint density at radius 1 is 1.12 bits per heavy atom. The van der Waals surface area contributed by atoms with Crippen LogP contribution in [0.15, 0.2) is 35.4 Å². The van der Waals surface area contributed by atoms with Gasteiger partial charge in [-0.2, -0.15) is 13.2 Å². The van der Waals surface area contributed by atoms with E-state index in [1.54, 1.807) is 11.3 Å². The summed E-state index contributed by atoms with van der Waals surface area (Å²) >= 11 is 1.58. The van der Waals surface area contributed by atoms with E-state index < -0.39 is 11.7 Å². The Labute approximate surface area is 145 Å². The van der Waals surface area contributed by atoms with Gasteiger partial charge >= 0.3 is 6.18 Å². The van der Waals surface area contributed by atoms with Crippen molar-refractivity contribution in [1.29, 1.82) is 0 Å². The van der Waals surface area contributed by atoms with E-state index in [1.807, 2.05) is 0 Å². The summed E-state index contributed by atoms with van der Waals surface area (Å²) < 4.78 is 39.4. The number of hydrogen-bond acceptors (Lipinski definition) is 3. The SMILES string of the molecule is O=c1c2c3c(sc2ncn1Cc1ccc(C(F)(F)F)cc1)CCCC3. The van der Waals surface area contributed by atoms with E-state index in [2.05, 4.69) is 4.98 Å². The van der Waals surface area contributed by atoms with Gasteiger partial charge in [0.1, 0.15) is 4.83 Å². The smallest absolute Gasteiger partial charge is 0.294 e. The minimum Gasteiger partial charge on any atom is -0.294 e. The van der Waals surface area contributed by atoms with Crippen molar-refractivity contribution >= 4 is 21.6 Å². The summed E-state index contributed by atoms with van der Waals surface area (Å²) in [5.41, 5.74) is 0.958. The van der Waals surface area contributed by atoms with Crippen molar-refractivity contribution in [1.82, 2.24) is 9.55 Å². The van der Waals surface area contributed by atoms with Crippen molar-refractivity contribution < 1.29 is 13.2 Å². The first-order chi connectivity index (χ1) is 11.9. The van der Waals surface area contributed by atoms with Gasteiger partial charge in [-0.15, -0.1) is 11.3 Å². The highest BCUT2D eigenvalue weighted by atomic mass is 32.1. The molecular weight excluding hydrogens is 349 g/mol. The third-order valence-corrected chi connectivity index (χ3v) is 5.78. The fourth-order valence-electron chi connectivity index (χ4n) is 3.29. The van der Waals surface area contributed by atoms with E-state index in [9.17, 15) is 18.0 Å². The lowest BCUT2D eigenvalue weighted by Crippen LogP contribution is -2.21. The van der Waals surface area contributed by atoms with E-state index in [-0.39, 0.29) is 12.1 Å². The molecule has 2 aromatic heterocycles. The van der Waals surface area contributed by atoms with Gasteiger partial charge < -0.3 is 0 Å². The highest BCUT2D eigenvalue weighted by molar-refractivity contribution is 7.18. The number of aromatic nitrogens is 2. The first kappa shape index (κ1) is 16.3. The third-order valence-electron chi connectivity index (χ3n) is 4.58. The van der Waals surface area contributed by atoms with E-state index in [0.29, 0.717) is 10.9 Å². The van der Waals surface area contributed by atoms with Crippen molar-refractivity contribution in [3.8, 4) is 0 Å². The van der Waals surface area contributed by atoms with Gasteiger partial charge in [0.25, 0.3) is 5.56 Å². The van der Waals surface area contributed by atoms with Crippen LogP contribution in [0.5, 0.6) is 0 Å². The molecule has 0 radical (unpaired) electrons.